The molecular weight excluding hydrogens is 779 g/mol. The molecule has 298 valence electrons. The maximum atomic E-state index is 13.5. The van der Waals surface area contributed by atoms with Crippen LogP contribution in [0.2, 0.25) is 0 Å². The molecule has 1 N–H and O–H groups in total. The lowest BCUT2D eigenvalue weighted by molar-refractivity contribution is -0.137. The molecule has 0 saturated carbocycles. The molecule has 1 heterocycles. The van der Waals surface area contributed by atoms with Crippen LogP contribution < -0.4 is 24.4 Å². The first kappa shape index (κ1) is 40.4. The number of benzene rings is 6. The number of hydrogen-bond donors (Lipinski definition) is 1. The van der Waals surface area contributed by atoms with Crippen molar-refractivity contribution < 1.29 is 38.1 Å². The molecule has 11 nitrogen and oxygen atoms in total. The lowest BCUT2D eigenvalue weighted by Gasteiger charge is -2.11. The Morgan fingerprint density at radius 2 is 1.45 bits per heavy atom. The van der Waals surface area contributed by atoms with Crippen molar-refractivity contribution >= 4 is 61.6 Å². The SMILES string of the molecule is C=CC(=O)OCCCOc1ccc2cc(C(=O)Oc3ccc(C(=O)Oc4ccc(C#Cc5ccc(OC)cc5)cc4/C=N/Nc4nc5ccccc5s4)cc3C)ccc2c1. The molecule has 6 aromatic carbocycles. The van der Waals surface area contributed by atoms with Gasteiger partial charge in [0, 0.05) is 29.2 Å². The van der Waals surface area contributed by atoms with Crippen LogP contribution in [0.25, 0.3) is 21.0 Å². The normalized spacial score (nSPS) is 10.8. The monoisotopic (exact) mass is 815 g/mol. The summed E-state index contributed by atoms with van der Waals surface area (Å²) in [5, 5.41) is 6.70. The van der Waals surface area contributed by atoms with E-state index in [0.717, 1.165) is 38.4 Å². The molecule has 0 amide bonds. The lowest BCUT2D eigenvalue weighted by Crippen LogP contribution is -2.12. The summed E-state index contributed by atoms with van der Waals surface area (Å²) in [4.78, 5) is 42.5. The fourth-order valence-electron chi connectivity index (χ4n) is 5.85. The summed E-state index contributed by atoms with van der Waals surface area (Å²) in [6.07, 6.45) is 3.20. The number of aryl methyl sites for hydroxylation is 1. The Hall–Kier alpha value is -7.75. The fourth-order valence-corrected chi connectivity index (χ4v) is 6.66. The summed E-state index contributed by atoms with van der Waals surface area (Å²) in [5.74, 6) is 6.61. The molecule has 0 radical (unpaired) electrons. The molecule has 0 spiro atoms. The Labute approximate surface area is 349 Å². The third kappa shape index (κ3) is 10.4. The first-order valence-electron chi connectivity index (χ1n) is 18.7. The van der Waals surface area contributed by atoms with Crippen molar-refractivity contribution in [2.24, 2.45) is 5.10 Å². The van der Waals surface area contributed by atoms with E-state index < -0.39 is 17.9 Å². The van der Waals surface area contributed by atoms with Crippen molar-refractivity contribution in [3.63, 3.8) is 0 Å². The number of nitrogens with one attached hydrogen (secondary N) is 1. The molecule has 0 aliphatic rings. The van der Waals surface area contributed by atoms with Gasteiger partial charge in [-0.2, -0.15) is 5.10 Å². The second-order valence-corrected chi connectivity index (χ2v) is 14.2. The largest absolute Gasteiger partial charge is 0.497 e. The van der Waals surface area contributed by atoms with Gasteiger partial charge in [0.15, 0.2) is 0 Å². The summed E-state index contributed by atoms with van der Waals surface area (Å²) in [5.41, 5.74) is 6.99. The van der Waals surface area contributed by atoms with Crippen LogP contribution in [0.15, 0.2) is 139 Å². The topological polar surface area (TPSA) is 135 Å². The van der Waals surface area contributed by atoms with Gasteiger partial charge >= 0.3 is 17.9 Å². The van der Waals surface area contributed by atoms with E-state index in [9.17, 15) is 14.4 Å². The lowest BCUT2D eigenvalue weighted by atomic mass is 10.1. The van der Waals surface area contributed by atoms with Gasteiger partial charge in [-0.3, -0.25) is 5.43 Å². The Balaban J connectivity index is 1.02. The molecule has 1 aromatic heterocycles. The maximum Gasteiger partial charge on any atom is 0.343 e. The summed E-state index contributed by atoms with van der Waals surface area (Å²) >= 11 is 1.47. The van der Waals surface area contributed by atoms with Crippen LogP contribution in [0, 0.1) is 18.8 Å². The minimum Gasteiger partial charge on any atom is -0.497 e. The zero-order valence-electron chi connectivity index (χ0n) is 32.6. The highest BCUT2D eigenvalue weighted by atomic mass is 32.1. The number of carbonyl (C=O) groups is 3. The predicted molar refractivity (Wildman–Crippen MR) is 233 cm³/mol. The first-order valence-corrected chi connectivity index (χ1v) is 19.5. The summed E-state index contributed by atoms with van der Waals surface area (Å²) in [6.45, 7) is 5.71. The molecule has 0 fully saturated rings. The van der Waals surface area contributed by atoms with Crippen LogP contribution >= 0.6 is 11.3 Å². The third-order valence-corrected chi connectivity index (χ3v) is 9.88. The predicted octanol–water partition coefficient (Wildman–Crippen LogP) is 9.55. The Kier molecular flexibility index (Phi) is 12.9. The highest BCUT2D eigenvalue weighted by Gasteiger charge is 2.16. The van der Waals surface area contributed by atoms with Crippen LogP contribution in [0.4, 0.5) is 5.13 Å². The number of para-hydroxylation sites is 1. The zero-order valence-corrected chi connectivity index (χ0v) is 33.4. The third-order valence-electron chi connectivity index (χ3n) is 8.94. The van der Waals surface area contributed by atoms with Crippen LogP contribution in [-0.2, 0) is 9.53 Å². The Morgan fingerprint density at radius 1 is 0.767 bits per heavy atom. The van der Waals surface area contributed by atoms with Crippen molar-refractivity contribution in [1.29, 1.82) is 0 Å². The zero-order chi connectivity index (χ0) is 41.8. The van der Waals surface area contributed by atoms with E-state index in [0.29, 0.717) is 51.9 Å². The molecule has 0 atom stereocenters. The van der Waals surface area contributed by atoms with Crippen molar-refractivity contribution in [3.05, 3.63) is 167 Å². The van der Waals surface area contributed by atoms with Gasteiger partial charge in [0.2, 0.25) is 5.13 Å². The van der Waals surface area contributed by atoms with Gasteiger partial charge < -0.3 is 23.7 Å². The number of hydrogen-bond acceptors (Lipinski definition) is 12. The number of aromatic nitrogens is 1. The van der Waals surface area contributed by atoms with Crippen LogP contribution in [0.1, 0.15) is 49.4 Å². The quantitative estimate of drug-likeness (QED) is 0.0215. The highest BCUT2D eigenvalue weighted by molar-refractivity contribution is 7.22. The van der Waals surface area contributed by atoms with Crippen molar-refractivity contribution in [1.82, 2.24) is 4.98 Å². The van der Waals surface area contributed by atoms with Crippen LogP contribution in [-0.4, -0.2) is 49.4 Å². The molecule has 0 unspecified atom stereocenters. The minimum atomic E-state index is -0.615. The highest BCUT2D eigenvalue weighted by Crippen LogP contribution is 2.28. The molecule has 7 aromatic rings. The van der Waals surface area contributed by atoms with E-state index in [1.807, 2.05) is 66.7 Å². The van der Waals surface area contributed by atoms with Crippen LogP contribution in [0.3, 0.4) is 0 Å². The summed E-state index contributed by atoms with van der Waals surface area (Å²) in [7, 11) is 1.61. The standard InChI is InChI=1S/C48H37N3O8S/c1-4-45(52)57-25-7-24-56-40-21-17-34-28-37(16-15-35(34)29-40)47(54)58-42-23-18-36(26-31(42)2)46(53)59-43-22-14-33(11-10-32-12-19-39(55-3)20-13-32)27-38(43)30-49-51-48-50-41-8-5-6-9-44(41)60-48/h4-6,8-9,12-23,26-30H,1,7,24-25H2,2-3H3,(H,50,51)/b49-30+. The maximum absolute atomic E-state index is 13.5. The number of nitrogens with zero attached hydrogens (tertiary/aromatic N) is 2. The molecule has 0 aliphatic heterocycles. The van der Waals surface area contributed by atoms with Gasteiger partial charge in [-0.15, -0.1) is 0 Å². The Bertz CT molecular complexity index is 2790. The van der Waals surface area contributed by atoms with E-state index in [2.05, 4.69) is 33.9 Å². The van der Waals surface area contributed by atoms with Gasteiger partial charge in [0.05, 0.1) is 47.9 Å². The fraction of sp³-hybridized carbons (Fsp3) is 0.104. The van der Waals surface area contributed by atoms with Crippen molar-refractivity contribution in [2.45, 2.75) is 13.3 Å². The van der Waals surface area contributed by atoms with E-state index in [4.69, 9.17) is 23.7 Å². The van der Waals surface area contributed by atoms with E-state index in [1.165, 1.54) is 11.3 Å². The molecule has 0 bridgehead atoms. The number of methoxy groups -OCH3 is 1. The van der Waals surface area contributed by atoms with Crippen molar-refractivity contribution in [2.75, 3.05) is 25.7 Å². The number of esters is 3. The number of hydrazone groups is 1. The Morgan fingerprint density at radius 3 is 2.23 bits per heavy atom. The number of thiazole rings is 1. The van der Waals surface area contributed by atoms with E-state index in [1.54, 1.807) is 74.8 Å². The van der Waals surface area contributed by atoms with Gasteiger partial charge in [-0.25, -0.2) is 19.4 Å². The first-order chi connectivity index (χ1) is 29.2. The second kappa shape index (κ2) is 19.1. The molecule has 7 rings (SSSR count). The van der Waals surface area contributed by atoms with Crippen LogP contribution in [0.5, 0.6) is 23.0 Å². The molecule has 60 heavy (non-hydrogen) atoms. The number of carbonyl (C=O) groups excluding carboxylic acids is 3. The summed E-state index contributed by atoms with van der Waals surface area (Å²) in [6, 6.07) is 35.9. The van der Waals surface area contributed by atoms with Gasteiger partial charge in [-0.05, 0) is 120 Å². The van der Waals surface area contributed by atoms with Gasteiger partial charge in [0.1, 0.15) is 23.0 Å². The number of anilines is 1. The molecule has 12 heteroatoms. The number of fused-ring (bicyclic) bond motifs is 2. The van der Waals surface area contributed by atoms with E-state index >= 15 is 0 Å². The molecular formula is C48H37N3O8S. The van der Waals surface area contributed by atoms with Gasteiger partial charge in [0.25, 0.3) is 0 Å². The molecule has 0 aliphatic carbocycles. The average Bonchev–Trinajstić information content (AvgIpc) is 3.69. The van der Waals surface area contributed by atoms with E-state index in [-0.39, 0.29) is 17.9 Å². The summed E-state index contributed by atoms with van der Waals surface area (Å²) < 4.78 is 28.7. The smallest absolute Gasteiger partial charge is 0.343 e. The van der Waals surface area contributed by atoms with Gasteiger partial charge in [-0.1, -0.05) is 54.0 Å². The second-order valence-electron chi connectivity index (χ2n) is 13.1. The number of rotatable bonds is 14. The van der Waals surface area contributed by atoms with Crippen molar-refractivity contribution in [3.8, 4) is 34.8 Å². The minimum absolute atomic E-state index is 0.233. The number of ether oxygens (including phenoxy) is 5. The molecule has 0 saturated heterocycles. The average molecular weight is 816 g/mol.